The molecule has 0 radical (unpaired) electrons. The summed E-state index contributed by atoms with van der Waals surface area (Å²) in [5, 5.41) is 11.9. The highest BCUT2D eigenvalue weighted by molar-refractivity contribution is 5.88. The van der Waals surface area contributed by atoms with Gasteiger partial charge in [-0.05, 0) is 24.1 Å². The average molecular weight is 280 g/mol. The van der Waals surface area contributed by atoms with Crippen LogP contribution in [0, 0.1) is 5.92 Å². The van der Waals surface area contributed by atoms with E-state index in [4.69, 9.17) is 15.6 Å². The lowest BCUT2D eigenvalue weighted by atomic mass is 10.0. The van der Waals surface area contributed by atoms with Crippen LogP contribution in [-0.4, -0.2) is 36.2 Å². The van der Waals surface area contributed by atoms with Gasteiger partial charge in [0.25, 0.3) is 0 Å². The summed E-state index contributed by atoms with van der Waals surface area (Å²) in [4.78, 5) is 22.0. The van der Waals surface area contributed by atoms with E-state index in [0.29, 0.717) is 18.9 Å². The highest BCUT2D eigenvalue weighted by Gasteiger charge is 2.18. The van der Waals surface area contributed by atoms with Crippen LogP contribution in [0.5, 0.6) is 5.75 Å². The van der Waals surface area contributed by atoms with Crippen molar-refractivity contribution in [3.05, 3.63) is 29.8 Å². The number of carbonyl (C=O) groups excluding carboxylic acids is 1. The van der Waals surface area contributed by atoms with Crippen LogP contribution in [0.2, 0.25) is 0 Å². The molecule has 6 nitrogen and oxygen atoms in total. The molecule has 4 N–H and O–H groups in total. The number of ether oxygens (including phenoxy) is 1. The first-order chi connectivity index (χ1) is 9.41. The maximum absolute atomic E-state index is 11.2. The predicted octanol–water partition coefficient (Wildman–Crippen LogP) is 0.863. The maximum atomic E-state index is 11.2. The van der Waals surface area contributed by atoms with E-state index < -0.39 is 17.9 Å². The number of nitrogens with one attached hydrogen (secondary N) is 1. The Balaban J connectivity index is 2.43. The van der Waals surface area contributed by atoms with Crippen molar-refractivity contribution < 1.29 is 19.4 Å². The molecule has 1 amide bonds. The van der Waals surface area contributed by atoms with Gasteiger partial charge in [0.15, 0.2) is 0 Å². The first-order valence-corrected chi connectivity index (χ1v) is 6.40. The summed E-state index contributed by atoms with van der Waals surface area (Å²) in [5.74, 6) is -0.815. The summed E-state index contributed by atoms with van der Waals surface area (Å²) in [6, 6.07) is 5.85. The number of aromatic carboxylic acids is 1. The zero-order valence-corrected chi connectivity index (χ0v) is 11.6. The molecule has 110 valence electrons. The third-order valence-corrected chi connectivity index (χ3v) is 2.79. The van der Waals surface area contributed by atoms with Crippen LogP contribution in [-0.2, 0) is 4.79 Å². The van der Waals surface area contributed by atoms with Gasteiger partial charge in [-0.15, -0.1) is 0 Å². The molecular weight excluding hydrogens is 260 g/mol. The van der Waals surface area contributed by atoms with Crippen LogP contribution in [0.1, 0.15) is 24.2 Å². The Hall–Kier alpha value is -2.08. The normalized spacial score (nSPS) is 12.2. The Morgan fingerprint density at radius 2 is 2.10 bits per heavy atom. The van der Waals surface area contributed by atoms with E-state index in [2.05, 4.69) is 5.32 Å². The van der Waals surface area contributed by atoms with E-state index >= 15 is 0 Å². The SMILES string of the molecule is CC(C)C(NCCOc1cccc(C(=O)O)c1)C(N)=O. The van der Waals surface area contributed by atoms with Crippen molar-refractivity contribution in [1.29, 1.82) is 0 Å². The molecule has 0 spiro atoms. The fraction of sp³-hybridized carbons (Fsp3) is 0.429. The molecule has 0 saturated heterocycles. The van der Waals surface area contributed by atoms with Gasteiger partial charge in [0.2, 0.25) is 5.91 Å². The second kappa shape index (κ2) is 7.49. The highest BCUT2D eigenvalue weighted by Crippen LogP contribution is 2.13. The third-order valence-electron chi connectivity index (χ3n) is 2.79. The minimum atomic E-state index is -0.998. The van der Waals surface area contributed by atoms with Crippen molar-refractivity contribution in [2.24, 2.45) is 11.7 Å². The van der Waals surface area contributed by atoms with Gasteiger partial charge in [-0.2, -0.15) is 0 Å². The number of primary amides is 1. The molecule has 0 aromatic heterocycles. The van der Waals surface area contributed by atoms with Gasteiger partial charge in [0.05, 0.1) is 11.6 Å². The zero-order valence-electron chi connectivity index (χ0n) is 11.6. The number of rotatable bonds is 8. The first kappa shape index (κ1) is 16.0. The molecular formula is C14H20N2O4. The smallest absolute Gasteiger partial charge is 0.335 e. The fourth-order valence-electron chi connectivity index (χ4n) is 1.77. The third kappa shape index (κ3) is 4.89. The predicted molar refractivity (Wildman–Crippen MR) is 74.7 cm³/mol. The van der Waals surface area contributed by atoms with Crippen LogP contribution in [0.15, 0.2) is 24.3 Å². The number of carboxylic acids is 1. The largest absolute Gasteiger partial charge is 0.492 e. The summed E-state index contributed by atoms with van der Waals surface area (Å²) in [6.45, 7) is 4.57. The molecule has 0 aliphatic carbocycles. The van der Waals surface area contributed by atoms with Crippen molar-refractivity contribution >= 4 is 11.9 Å². The molecule has 1 unspecified atom stereocenters. The molecule has 1 aromatic carbocycles. The number of hydrogen-bond donors (Lipinski definition) is 3. The fourth-order valence-corrected chi connectivity index (χ4v) is 1.77. The van der Waals surface area contributed by atoms with E-state index in [1.807, 2.05) is 13.8 Å². The quantitative estimate of drug-likeness (QED) is 0.613. The zero-order chi connectivity index (χ0) is 15.1. The molecule has 1 rings (SSSR count). The summed E-state index contributed by atoms with van der Waals surface area (Å²) < 4.78 is 5.43. The topological polar surface area (TPSA) is 102 Å². The number of benzene rings is 1. The molecule has 1 aromatic rings. The molecule has 0 saturated carbocycles. The first-order valence-electron chi connectivity index (χ1n) is 6.40. The second-order valence-corrected chi connectivity index (χ2v) is 4.76. The van der Waals surface area contributed by atoms with Crippen molar-refractivity contribution in [3.63, 3.8) is 0 Å². The van der Waals surface area contributed by atoms with Gasteiger partial charge in [-0.25, -0.2) is 4.79 Å². The molecule has 6 heteroatoms. The van der Waals surface area contributed by atoms with Gasteiger partial charge < -0.3 is 20.9 Å². The van der Waals surface area contributed by atoms with Crippen LogP contribution >= 0.6 is 0 Å². The van der Waals surface area contributed by atoms with Gasteiger partial charge >= 0.3 is 5.97 Å². The average Bonchev–Trinajstić information content (AvgIpc) is 2.37. The minimum Gasteiger partial charge on any atom is -0.492 e. The standard InChI is InChI=1S/C14H20N2O4/c1-9(2)12(13(15)17)16-6-7-20-11-5-3-4-10(8-11)14(18)19/h3-5,8-9,12,16H,6-7H2,1-2H3,(H2,15,17)(H,18,19). The lowest BCUT2D eigenvalue weighted by Gasteiger charge is -2.19. The van der Waals surface area contributed by atoms with Crippen LogP contribution < -0.4 is 15.8 Å². The lowest BCUT2D eigenvalue weighted by molar-refractivity contribution is -0.121. The monoisotopic (exact) mass is 280 g/mol. The van der Waals surface area contributed by atoms with Crippen molar-refractivity contribution in [3.8, 4) is 5.75 Å². The Kier molecular flexibility index (Phi) is 5.99. The number of hydrogen-bond acceptors (Lipinski definition) is 4. The molecule has 0 aliphatic heterocycles. The van der Waals surface area contributed by atoms with E-state index in [1.165, 1.54) is 12.1 Å². The number of carboxylic acid groups (broad SMARTS) is 1. The molecule has 0 bridgehead atoms. The van der Waals surface area contributed by atoms with E-state index in [0.717, 1.165) is 0 Å². The van der Waals surface area contributed by atoms with E-state index in [-0.39, 0.29) is 11.5 Å². The molecule has 0 heterocycles. The highest BCUT2D eigenvalue weighted by atomic mass is 16.5. The Morgan fingerprint density at radius 3 is 2.65 bits per heavy atom. The van der Waals surface area contributed by atoms with Crippen molar-refractivity contribution in [1.82, 2.24) is 5.32 Å². The van der Waals surface area contributed by atoms with E-state index in [9.17, 15) is 9.59 Å². The van der Waals surface area contributed by atoms with Gasteiger partial charge in [-0.3, -0.25) is 4.79 Å². The summed E-state index contributed by atoms with van der Waals surface area (Å²) in [5.41, 5.74) is 5.45. The Bertz CT molecular complexity index is 474. The van der Waals surface area contributed by atoms with Gasteiger partial charge in [0.1, 0.15) is 12.4 Å². The molecule has 0 aliphatic rings. The number of amides is 1. The van der Waals surface area contributed by atoms with Gasteiger partial charge in [0, 0.05) is 6.54 Å². The molecule has 0 fully saturated rings. The van der Waals surface area contributed by atoms with Crippen LogP contribution in [0.3, 0.4) is 0 Å². The van der Waals surface area contributed by atoms with Crippen molar-refractivity contribution in [2.75, 3.05) is 13.2 Å². The van der Waals surface area contributed by atoms with Crippen LogP contribution in [0.25, 0.3) is 0 Å². The molecule has 1 atom stereocenters. The van der Waals surface area contributed by atoms with Crippen LogP contribution in [0.4, 0.5) is 0 Å². The van der Waals surface area contributed by atoms with E-state index in [1.54, 1.807) is 12.1 Å². The minimum absolute atomic E-state index is 0.0999. The molecule has 20 heavy (non-hydrogen) atoms. The Labute approximate surface area is 117 Å². The van der Waals surface area contributed by atoms with Gasteiger partial charge in [-0.1, -0.05) is 19.9 Å². The second-order valence-electron chi connectivity index (χ2n) is 4.76. The summed E-state index contributed by atoms with van der Waals surface area (Å²) >= 11 is 0. The Morgan fingerprint density at radius 1 is 1.40 bits per heavy atom. The summed E-state index contributed by atoms with van der Waals surface area (Å²) in [6.07, 6.45) is 0. The maximum Gasteiger partial charge on any atom is 0.335 e. The summed E-state index contributed by atoms with van der Waals surface area (Å²) in [7, 11) is 0. The lowest BCUT2D eigenvalue weighted by Crippen LogP contribution is -2.46. The number of carbonyl (C=O) groups is 2. The number of nitrogens with two attached hydrogens (primary N) is 1. The van der Waals surface area contributed by atoms with Crippen molar-refractivity contribution in [2.45, 2.75) is 19.9 Å².